The van der Waals surface area contributed by atoms with Gasteiger partial charge in [0.1, 0.15) is 34.7 Å². The van der Waals surface area contributed by atoms with Crippen molar-refractivity contribution in [2.45, 2.75) is 64.5 Å². The van der Waals surface area contributed by atoms with Gasteiger partial charge in [0.2, 0.25) is 5.88 Å². The molecule has 1 aromatic carbocycles. The predicted octanol–water partition coefficient (Wildman–Crippen LogP) is 6.09. The summed E-state index contributed by atoms with van der Waals surface area (Å²) in [6.45, 7) is 7.64. The highest BCUT2D eigenvalue weighted by molar-refractivity contribution is 5.93. The zero-order chi connectivity index (χ0) is 32.1. The molecule has 1 saturated carbocycles. The Hall–Kier alpha value is -4.68. The molecule has 13 heteroatoms. The van der Waals surface area contributed by atoms with Gasteiger partial charge in [-0.25, -0.2) is 29.7 Å². The number of hydrogen-bond acceptors (Lipinski definition) is 9. The number of aryl methyl sites for hydroxylation is 1. The van der Waals surface area contributed by atoms with E-state index in [2.05, 4.69) is 24.8 Å². The van der Waals surface area contributed by atoms with Crippen LogP contribution in [0.2, 0.25) is 0 Å². The highest BCUT2D eigenvalue weighted by Gasteiger charge is 2.35. The number of aromatic nitrogens is 6. The first-order valence-corrected chi connectivity index (χ1v) is 14.8. The summed E-state index contributed by atoms with van der Waals surface area (Å²) < 4.78 is 40.6. The van der Waals surface area contributed by atoms with Gasteiger partial charge in [-0.1, -0.05) is 24.3 Å². The van der Waals surface area contributed by atoms with E-state index in [1.165, 1.54) is 12.5 Å². The van der Waals surface area contributed by atoms with Gasteiger partial charge >= 0.3 is 6.09 Å². The number of alkyl halides is 2. The standard InChI is InChI=1S/C32H36F2N8O3/c1-31(2,3)45-30(43)42-14-13-41(16-19-7-9-21(10-8-19)27-38-23(17-40(27)5)32(4,33)34)28-22(42)15-35-26(39-28)24-25(20-11-12-20)36-18-37-29(24)44-6/h7-10,15,17-18,20H,11-14,16H2,1-6H3. The number of benzene rings is 1. The molecule has 0 saturated heterocycles. The molecule has 3 aromatic heterocycles. The molecule has 11 nitrogen and oxygen atoms in total. The number of amides is 1. The van der Waals surface area contributed by atoms with Gasteiger partial charge in [0.25, 0.3) is 5.92 Å². The lowest BCUT2D eigenvalue weighted by molar-refractivity contribution is 0.0131. The monoisotopic (exact) mass is 618 g/mol. The van der Waals surface area contributed by atoms with Gasteiger partial charge in [-0.15, -0.1) is 0 Å². The lowest BCUT2D eigenvalue weighted by atomic mass is 10.1. The molecule has 0 N–H and O–H groups in total. The zero-order valence-corrected chi connectivity index (χ0v) is 26.2. The molecule has 0 spiro atoms. The second-order valence-corrected chi connectivity index (χ2v) is 12.5. The number of imidazole rings is 1. The van der Waals surface area contributed by atoms with Crippen molar-refractivity contribution in [3.63, 3.8) is 0 Å². The first kappa shape index (κ1) is 30.4. The van der Waals surface area contributed by atoms with Gasteiger partial charge in [0.15, 0.2) is 11.6 Å². The molecule has 4 aromatic rings. The molecule has 0 unspecified atom stereocenters. The number of carbonyl (C=O) groups is 1. The number of ether oxygens (including phenoxy) is 2. The van der Waals surface area contributed by atoms with E-state index in [1.807, 2.05) is 45.0 Å². The van der Waals surface area contributed by atoms with Crippen LogP contribution in [0.3, 0.4) is 0 Å². The minimum Gasteiger partial charge on any atom is -0.480 e. The van der Waals surface area contributed by atoms with Crippen LogP contribution in [0.5, 0.6) is 5.88 Å². The minimum atomic E-state index is -3.03. The third-order valence-electron chi connectivity index (χ3n) is 7.68. The highest BCUT2D eigenvalue weighted by atomic mass is 19.3. The Balaban J connectivity index is 1.35. The van der Waals surface area contributed by atoms with Gasteiger partial charge in [0.05, 0.1) is 19.0 Å². The summed E-state index contributed by atoms with van der Waals surface area (Å²) in [5.74, 6) is -0.904. The summed E-state index contributed by atoms with van der Waals surface area (Å²) in [7, 11) is 3.26. The van der Waals surface area contributed by atoms with Gasteiger partial charge in [-0.05, 0) is 39.2 Å². The number of methoxy groups -OCH3 is 1. The normalized spacial score (nSPS) is 15.2. The minimum absolute atomic E-state index is 0.274. The molecule has 2 aliphatic rings. The van der Waals surface area contributed by atoms with Crippen molar-refractivity contribution < 1.29 is 23.0 Å². The van der Waals surface area contributed by atoms with Crippen LogP contribution in [0.25, 0.3) is 22.8 Å². The van der Waals surface area contributed by atoms with E-state index in [0.29, 0.717) is 60.1 Å². The second-order valence-electron chi connectivity index (χ2n) is 12.5. The fraction of sp³-hybridized carbons (Fsp3) is 0.438. The highest BCUT2D eigenvalue weighted by Crippen LogP contribution is 2.45. The summed E-state index contributed by atoms with van der Waals surface area (Å²) in [6.07, 6.45) is 6.05. The van der Waals surface area contributed by atoms with Gasteiger partial charge in [-0.2, -0.15) is 8.78 Å². The van der Waals surface area contributed by atoms with Gasteiger partial charge in [0, 0.05) is 51.3 Å². The molecule has 1 aliphatic heterocycles. The van der Waals surface area contributed by atoms with E-state index < -0.39 is 17.6 Å². The van der Waals surface area contributed by atoms with Crippen molar-refractivity contribution in [3.8, 4) is 28.7 Å². The zero-order valence-electron chi connectivity index (χ0n) is 26.2. The van der Waals surface area contributed by atoms with E-state index in [0.717, 1.165) is 36.6 Å². The summed E-state index contributed by atoms with van der Waals surface area (Å²) in [5.41, 5.74) is 2.76. The summed E-state index contributed by atoms with van der Waals surface area (Å²) in [4.78, 5) is 39.6. The Kier molecular flexibility index (Phi) is 7.66. The van der Waals surface area contributed by atoms with Crippen molar-refractivity contribution in [2.75, 3.05) is 30.0 Å². The number of rotatable bonds is 7. The van der Waals surface area contributed by atoms with Crippen molar-refractivity contribution in [3.05, 3.63) is 59.9 Å². The van der Waals surface area contributed by atoms with Gasteiger partial charge < -0.3 is 18.9 Å². The van der Waals surface area contributed by atoms with E-state index in [9.17, 15) is 13.6 Å². The molecule has 1 aliphatic carbocycles. The van der Waals surface area contributed by atoms with Crippen LogP contribution in [0.1, 0.15) is 63.4 Å². The quantitative estimate of drug-likeness (QED) is 0.243. The first-order chi connectivity index (χ1) is 21.3. The van der Waals surface area contributed by atoms with Crippen molar-refractivity contribution in [1.82, 2.24) is 29.5 Å². The summed E-state index contributed by atoms with van der Waals surface area (Å²) >= 11 is 0. The molecular weight excluding hydrogens is 582 g/mol. The Morgan fingerprint density at radius 2 is 1.76 bits per heavy atom. The third-order valence-corrected chi connectivity index (χ3v) is 7.68. The Morgan fingerprint density at radius 1 is 1.02 bits per heavy atom. The van der Waals surface area contributed by atoms with Crippen molar-refractivity contribution in [1.29, 1.82) is 0 Å². The average Bonchev–Trinajstić information content (AvgIpc) is 3.76. The number of hydrogen-bond donors (Lipinski definition) is 0. The molecule has 1 amide bonds. The van der Waals surface area contributed by atoms with E-state index in [1.54, 1.807) is 29.8 Å². The molecule has 1 fully saturated rings. The molecule has 4 heterocycles. The number of anilines is 2. The number of nitrogens with zero attached hydrogens (tertiary/aromatic N) is 8. The van der Waals surface area contributed by atoms with E-state index in [-0.39, 0.29) is 5.69 Å². The molecule has 0 atom stereocenters. The van der Waals surface area contributed by atoms with Gasteiger partial charge in [-0.3, -0.25) is 4.90 Å². The SMILES string of the molecule is COc1ncnc(C2CC2)c1-c1ncc2c(n1)N(Cc1ccc(-c3nc(C(C)(F)F)cn3C)cc1)CCN2C(=O)OC(C)(C)C. The van der Waals surface area contributed by atoms with Crippen LogP contribution in [0.4, 0.5) is 25.1 Å². The Labute approximate surface area is 260 Å². The van der Waals surface area contributed by atoms with Crippen LogP contribution < -0.4 is 14.5 Å². The molecule has 0 radical (unpaired) electrons. The molecule has 236 valence electrons. The van der Waals surface area contributed by atoms with E-state index >= 15 is 0 Å². The third kappa shape index (κ3) is 6.29. The molecular formula is C32H36F2N8O3. The first-order valence-electron chi connectivity index (χ1n) is 14.8. The molecule has 45 heavy (non-hydrogen) atoms. The average molecular weight is 619 g/mol. The van der Waals surface area contributed by atoms with Crippen LogP contribution in [-0.2, 0) is 24.3 Å². The second kappa shape index (κ2) is 11.4. The molecule has 6 rings (SSSR count). The number of carbonyl (C=O) groups excluding carboxylic acids is 1. The van der Waals surface area contributed by atoms with Crippen molar-refractivity contribution in [2.24, 2.45) is 7.05 Å². The predicted molar refractivity (Wildman–Crippen MR) is 164 cm³/mol. The van der Waals surface area contributed by atoms with Crippen LogP contribution in [-0.4, -0.2) is 61.4 Å². The molecule has 0 bridgehead atoms. The lowest BCUT2D eigenvalue weighted by Crippen LogP contribution is -2.46. The summed E-state index contributed by atoms with van der Waals surface area (Å²) in [5, 5.41) is 0. The summed E-state index contributed by atoms with van der Waals surface area (Å²) in [6, 6.07) is 7.61. The maximum atomic E-state index is 13.9. The Morgan fingerprint density at radius 3 is 2.38 bits per heavy atom. The van der Waals surface area contributed by atoms with Crippen LogP contribution in [0.15, 0.2) is 43.0 Å². The topological polar surface area (TPSA) is 111 Å². The fourth-order valence-electron chi connectivity index (χ4n) is 5.36. The fourth-order valence-corrected chi connectivity index (χ4v) is 5.36. The van der Waals surface area contributed by atoms with Crippen molar-refractivity contribution >= 4 is 17.6 Å². The smallest absolute Gasteiger partial charge is 0.415 e. The number of fused-ring (bicyclic) bond motifs is 1. The number of halogens is 2. The maximum Gasteiger partial charge on any atom is 0.415 e. The Bertz CT molecular complexity index is 1730. The van der Waals surface area contributed by atoms with Crippen LogP contribution >= 0.6 is 0 Å². The van der Waals surface area contributed by atoms with Crippen LogP contribution in [0, 0.1) is 0 Å². The van der Waals surface area contributed by atoms with E-state index in [4.69, 9.17) is 14.5 Å². The lowest BCUT2D eigenvalue weighted by Gasteiger charge is -2.37. The maximum absolute atomic E-state index is 13.9. The largest absolute Gasteiger partial charge is 0.480 e.